The average molecular weight is 435 g/mol. The highest BCUT2D eigenvalue weighted by molar-refractivity contribution is 6.35. The molecule has 8 heteroatoms. The molecular weight excluding hydrogens is 420 g/mol. The number of aryl methyl sites for hydroxylation is 1. The SMILES string of the molecule is Cc1ccccc1N1C(=O)c2ccc(C(=O)Nc3cc(Cl)ccc3C(=O)O)cc2C1=O. The van der Waals surface area contributed by atoms with Crippen molar-refractivity contribution < 1.29 is 24.3 Å². The monoisotopic (exact) mass is 434 g/mol. The molecule has 0 bridgehead atoms. The smallest absolute Gasteiger partial charge is 0.337 e. The van der Waals surface area contributed by atoms with E-state index in [9.17, 15) is 24.3 Å². The van der Waals surface area contributed by atoms with Crippen molar-refractivity contribution >= 4 is 46.7 Å². The predicted octanol–water partition coefficient (Wildman–Crippen LogP) is 4.40. The summed E-state index contributed by atoms with van der Waals surface area (Å²) in [6.07, 6.45) is 0. The molecule has 3 aromatic rings. The van der Waals surface area contributed by atoms with Gasteiger partial charge in [-0.25, -0.2) is 9.69 Å². The van der Waals surface area contributed by atoms with Crippen molar-refractivity contribution in [1.29, 1.82) is 0 Å². The first-order chi connectivity index (χ1) is 14.8. The zero-order chi connectivity index (χ0) is 22.3. The summed E-state index contributed by atoms with van der Waals surface area (Å²) in [7, 11) is 0. The van der Waals surface area contributed by atoms with E-state index < -0.39 is 23.7 Å². The highest BCUT2D eigenvalue weighted by atomic mass is 35.5. The second-order valence-electron chi connectivity index (χ2n) is 6.94. The Labute approximate surface area is 181 Å². The van der Waals surface area contributed by atoms with E-state index >= 15 is 0 Å². The third-order valence-corrected chi connectivity index (χ3v) is 5.20. The second kappa shape index (κ2) is 7.70. The number of carbonyl (C=O) groups excluding carboxylic acids is 3. The molecule has 1 aliphatic heterocycles. The van der Waals surface area contributed by atoms with E-state index in [4.69, 9.17) is 11.6 Å². The minimum Gasteiger partial charge on any atom is -0.478 e. The van der Waals surface area contributed by atoms with Crippen LogP contribution in [0.5, 0.6) is 0 Å². The van der Waals surface area contributed by atoms with Crippen LogP contribution in [0.3, 0.4) is 0 Å². The number of halogens is 1. The van der Waals surface area contributed by atoms with Crippen molar-refractivity contribution in [2.75, 3.05) is 10.2 Å². The molecular formula is C23H15ClN2O5. The van der Waals surface area contributed by atoms with Gasteiger partial charge in [-0.05, 0) is 55.0 Å². The Morgan fingerprint density at radius 1 is 0.935 bits per heavy atom. The number of fused-ring (bicyclic) bond motifs is 1. The van der Waals surface area contributed by atoms with Crippen LogP contribution >= 0.6 is 11.6 Å². The van der Waals surface area contributed by atoms with Gasteiger partial charge in [0.2, 0.25) is 0 Å². The van der Waals surface area contributed by atoms with Crippen LogP contribution in [0.1, 0.15) is 47.0 Å². The molecule has 2 N–H and O–H groups in total. The maximum absolute atomic E-state index is 13.0. The van der Waals surface area contributed by atoms with Gasteiger partial charge in [0.1, 0.15) is 0 Å². The normalized spacial score (nSPS) is 12.6. The highest BCUT2D eigenvalue weighted by Crippen LogP contribution is 2.31. The zero-order valence-corrected chi connectivity index (χ0v) is 16.9. The molecule has 0 radical (unpaired) electrons. The number of rotatable bonds is 4. The molecule has 4 rings (SSSR count). The minimum atomic E-state index is -1.23. The number of aromatic carboxylic acids is 1. The Balaban J connectivity index is 1.67. The number of carboxylic acid groups (broad SMARTS) is 1. The summed E-state index contributed by atoms with van der Waals surface area (Å²) in [5, 5.41) is 12.1. The van der Waals surface area contributed by atoms with E-state index in [1.807, 2.05) is 0 Å². The quantitative estimate of drug-likeness (QED) is 0.592. The molecule has 1 aliphatic rings. The maximum Gasteiger partial charge on any atom is 0.337 e. The lowest BCUT2D eigenvalue weighted by Gasteiger charge is -2.16. The number of nitrogens with zero attached hydrogens (tertiary/aromatic N) is 1. The van der Waals surface area contributed by atoms with Gasteiger partial charge in [0.25, 0.3) is 17.7 Å². The van der Waals surface area contributed by atoms with E-state index in [0.29, 0.717) is 5.69 Å². The Kier molecular flexibility index (Phi) is 5.04. The number of nitrogens with one attached hydrogen (secondary N) is 1. The standard InChI is InChI=1S/C23H15ClN2O5/c1-12-4-2-3-5-19(12)26-21(28)15-8-6-13(10-17(15)22(26)29)20(27)25-18-11-14(24)7-9-16(18)23(30)31/h2-11H,1H3,(H,25,27)(H,30,31). The summed E-state index contributed by atoms with van der Waals surface area (Å²) in [5.74, 6) is -2.86. The summed E-state index contributed by atoms with van der Waals surface area (Å²) >= 11 is 5.92. The number of anilines is 2. The van der Waals surface area contributed by atoms with E-state index in [1.54, 1.807) is 31.2 Å². The third kappa shape index (κ3) is 3.55. The van der Waals surface area contributed by atoms with Gasteiger partial charge in [-0.2, -0.15) is 0 Å². The van der Waals surface area contributed by atoms with Crippen molar-refractivity contribution in [2.45, 2.75) is 6.92 Å². The third-order valence-electron chi connectivity index (χ3n) is 4.97. The first kappa shape index (κ1) is 20.3. The highest BCUT2D eigenvalue weighted by Gasteiger charge is 2.37. The summed E-state index contributed by atoms with van der Waals surface area (Å²) < 4.78 is 0. The molecule has 7 nitrogen and oxygen atoms in total. The number of hydrogen-bond acceptors (Lipinski definition) is 4. The first-order valence-electron chi connectivity index (χ1n) is 9.20. The van der Waals surface area contributed by atoms with Gasteiger partial charge in [-0.3, -0.25) is 14.4 Å². The number of benzene rings is 3. The van der Waals surface area contributed by atoms with E-state index in [0.717, 1.165) is 10.5 Å². The molecule has 3 amide bonds. The Morgan fingerprint density at radius 2 is 1.65 bits per heavy atom. The van der Waals surface area contributed by atoms with Crippen molar-refractivity contribution in [1.82, 2.24) is 0 Å². The van der Waals surface area contributed by atoms with Crippen LogP contribution in [0.25, 0.3) is 0 Å². The van der Waals surface area contributed by atoms with Crippen LogP contribution in [0, 0.1) is 6.92 Å². The zero-order valence-electron chi connectivity index (χ0n) is 16.2. The number of carbonyl (C=O) groups is 4. The van der Waals surface area contributed by atoms with Crippen LogP contribution in [-0.2, 0) is 0 Å². The molecule has 0 atom stereocenters. The van der Waals surface area contributed by atoms with Crippen LogP contribution in [-0.4, -0.2) is 28.8 Å². The fraction of sp³-hybridized carbons (Fsp3) is 0.0435. The van der Waals surface area contributed by atoms with Gasteiger partial charge < -0.3 is 10.4 Å². The lowest BCUT2D eigenvalue weighted by Crippen LogP contribution is -2.29. The van der Waals surface area contributed by atoms with Crippen molar-refractivity contribution in [3.05, 3.63) is 93.5 Å². The molecule has 0 saturated heterocycles. The Hall–Kier alpha value is -3.97. The van der Waals surface area contributed by atoms with Crippen LogP contribution in [0.4, 0.5) is 11.4 Å². The van der Waals surface area contributed by atoms with Gasteiger partial charge in [-0.1, -0.05) is 29.8 Å². The van der Waals surface area contributed by atoms with Crippen LogP contribution in [0.15, 0.2) is 60.7 Å². The molecule has 0 saturated carbocycles. The molecule has 0 fully saturated rings. The summed E-state index contributed by atoms with van der Waals surface area (Å²) in [4.78, 5) is 51.0. The van der Waals surface area contributed by atoms with Crippen molar-refractivity contribution in [3.8, 4) is 0 Å². The lowest BCUT2D eigenvalue weighted by molar-refractivity contribution is 0.0697. The summed E-state index contributed by atoms with van der Waals surface area (Å²) in [5.41, 5.74) is 1.53. The summed E-state index contributed by atoms with van der Waals surface area (Å²) in [6, 6.07) is 15.2. The van der Waals surface area contributed by atoms with Crippen LogP contribution < -0.4 is 10.2 Å². The number of para-hydroxylation sites is 1. The van der Waals surface area contributed by atoms with E-state index in [2.05, 4.69) is 5.32 Å². The molecule has 31 heavy (non-hydrogen) atoms. The predicted molar refractivity (Wildman–Crippen MR) is 115 cm³/mol. The molecule has 0 unspecified atom stereocenters. The Morgan fingerprint density at radius 3 is 2.35 bits per heavy atom. The maximum atomic E-state index is 13.0. The number of amides is 3. The fourth-order valence-corrected chi connectivity index (χ4v) is 3.59. The average Bonchev–Trinajstić information content (AvgIpc) is 2.98. The summed E-state index contributed by atoms with van der Waals surface area (Å²) in [6.45, 7) is 1.79. The van der Waals surface area contributed by atoms with Gasteiger partial charge in [0.05, 0.1) is 28.1 Å². The number of carboxylic acids is 1. The fourth-order valence-electron chi connectivity index (χ4n) is 3.42. The van der Waals surface area contributed by atoms with Gasteiger partial charge >= 0.3 is 5.97 Å². The van der Waals surface area contributed by atoms with Gasteiger partial charge in [0.15, 0.2) is 0 Å². The van der Waals surface area contributed by atoms with Crippen molar-refractivity contribution in [3.63, 3.8) is 0 Å². The molecule has 0 aliphatic carbocycles. The van der Waals surface area contributed by atoms with Crippen LogP contribution in [0.2, 0.25) is 5.02 Å². The van der Waals surface area contributed by atoms with E-state index in [-0.39, 0.29) is 33.0 Å². The van der Waals surface area contributed by atoms with E-state index in [1.165, 1.54) is 36.4 Å². The van der Waals surface area contributed by atoms with Gasteiger partial charge in [-0.15, -0.1) is 0 Å². The molecule has 3 aromatic carbocycles. The topological polar surface area (TPSA) is 104 Å². The number of imide groups is 1. The molecule has 0 spiro atoms. The lowest BCUT2D eigenvalue weighted by atomic mass is 10.0. The Bertz CT molecular complexity index is 1280. The van der Waals surface area contributed by atoms with Gasteiger partial charge in [0, 0.05) is 10.6 Å². The molecule has 1 heterocycles. The largest absolute Gasteiger partial charge is 0.478 e. The minimum absolute atomic E-state index is 0.0226. The molecule has 0 aromatic heterocycles. The first-order valence-corrected chi connectivity index (χ1v) is 9.58. The molecule has 154 valence electrons. The van der Waals surface area contributed by atoms with Crippen molar-refractivity contribution in [2.24, 2.45) is 0 Å². The number of hydrogen-bond donors (Lipinski definition) is 2. The second-order valence-corrected chi connectivity index (χ2v) is 7.38.